The molecule has 0 radical (unpaired) electrons. The van der Waals surface area contributed by atoms with Gasteiger partial charge in [0.1, 0.15) is 5.75 Å². The highest BCUT2D eigenvalue weighted by Gasteiger charge is 2.24. The zero-order chi connectivity index (χ0) is 17.2. The second-order valence-corrected chi connectivity index (χ2v) is 7.72. The monoisotopic (exact) mass is 346 g/mol. The largest absolute Gasteiger partial charge is 0.497 e. The fourth-order valence-electron chi connectivity index (χ4n) is 3.00. The molecule has 1 atom stereocenters. The molecule has 1 aliphatic heterocycles. The molecule has 3 rings (SSSR count). The number of nitrogens with one attached hydrogen (secondary N) is 1. The van der Waals surface area contributed by atoms with Crippen molar-refractivity contribution >= 4 is 15.7 Å². The third kappa shape index (κ3) is 3.39. The maximum absolute atomic E-state index is 12.4. The summed E-state index contributed by atoms with van der Waals surface area (Å²) in [5.41, 5.74) is 2.52. The van der Waals surface area contributed by atoms with E-state index in [-0.39, 0.29) is 10.9 Å². The Balaban J connectivity index is 1.66. The second kappa shape index (κ2) is 6.83. The molecule has 1 aliphatic rings. The van der Waals surface area contributed by atoms with Crippen LogP contribution in [0.3, 0.4) is 0 Å². The molecule has 0 fully saturated rings. The molecule has 24 heavy (non-hydrogen) atoms. The molecule has 0 saturated carbocycles. The summed E-state index contributed by atoms with van der Waals surface area (Å²) in [6.45, 7) is 3.33. The smallest absolute Gasteiger partial charge is 0.240 e. The number of ether oxygens (including phenoxy) is 1. The first-order valence-electron chi connectivity index (χ1n) is 7.99. The van der Waals surface area contributed by atoms with Crippen molar-refractivity contribution in [1.82, 2.24) is 4.72 Å². The van der Waals surface area contributed by atoms with Gasteiger partial charge in [-0.15, -0.1) is 0 Å². The lowest BCUT2D eigenvalue weighted by Crippen LogP contribution is -2.41. The van der Waals surface area contributed by atoms with E-state index in [1.54, 1.807) is 31.4 Å². The maximum atomic E-state index is 12.4. The molecule has 0 spiro atoms. The number of benzene rings is 2. The summed E-state index contributed by atoms with van der Waals surface area (Å²) in [6, 6.07) is 14.8. The van der Waals surface area contributed by atoms with E-state index in [4.69, 9.17) is 4.74 Å². The minimum atomic E-state index is -3.52. The second-order valence-electron chi connectivity index (χ2n) is 5.95. The summed E-state index contributed by atoms with van der Waals surface area (Å²) in [5.74, 6) is 0.635. The van der Waals surface area contributed by atoms with Crippen molar-refractivity contribution in [1.29, 1.82) is 0 Å². The van der Waals surface area contributed by atoms with Gasteiger partial charge in [0.25, 0.3) is 0 Å². The van der Waals surface area contributed by atoms with Gasteiger partial charge < -0.3 is 9.64 Å². The van der Waals surface area contributed by atoms with Crippen LogP contribution in [0.25, 0.3) is 0 Å². The van der Waals surface area contributed by atoms with E-state index in [2.05, 4.69) is 21.8 Å². The third-order valence-corrected chi connectivity index (χ3v) is 5.83. The van der Waals surface area contributed by atoms with Gasteiger partial charge >= 0.3 is 0 Å². The van der Waals surface area contributed by atoms with Crippen molar-refractivity contribution in [3.05, 3.63) is 54.1 Å². The summed E-state index contributed by atoms with van der Waals surface area (Å²) in [5, 5.41) is 0. The van der Waals surface area contributed by atoms with Crippen LogP contribution < -0.4 is 14.4 Å². The van der Waals surface area contributed by atoms with Crippen LogP contribution in [0.1, 0.15) is 12.5 Å². The van der Waals surface area contributed by atoms with Crippen molar-refractivity contribution in [3.8, 4) is 5.75 Å². The Bertz CT molecular complexity index is 803. The number of fused-ring (bicyclic) bond motifs is 1. The summed E-state index contributed by atoms with van der Waals surface area (Å²) < 4.78 is 32.6. The topological polar surface area (TPSA) is 58.6 Å². The van der Waals surface area contributed by atoms with E-state index < -0.39 is 10.0 Å². The molecule has 0 saturated heterocycles. The van der Waals surface area contributed by atoms with Gasteiger partial charge in [-0.05, 0) is 49.2 Å². The van der Waals surface area contributed by atoms with Crippen molar-refractivity contribution in [2.24, 2.45) is 0 Å². The molecular formula is C18H22N2O3S. The summed E-state index contributed by atoms with van der Waals surface area (Å²) in [6.07, 6.45) is 1.01. The molecule has 6 heteroatoms. The molecule has 0 amide bonds. The molecule has 5 nitrogen and oxygen atoms in total. The average Bonchev–Trinajstić information content (AvgIpc) is 3.04. The highest BCUT2D eigenvalue weighted by Crippen LogP contribution is 2.29. The summed E-state index contributed by atoms with van der Waals surface area (Å²) in [7, 11) is -1.97. The molecule has 2 aromatic rings. The molecule has 0 aliphatic carbocycles. The Morgan fingerprint density at radius 1 is 1.17 bits per heavy atom. The Morgan fingerprint density at radius 2 is 1.88 bits per heavy atom. The summed E-state index contributed by atoms with van der Waals surface area (Å²) in [4.78, 5) is 2.50. The number of methoxy groups -OCH3 is 1. The van der Waals surface area contributed by atoms with Gasteiger partial charge in [-0.25, -0.2) is 13.1 Å². The van der Waals surface area contributed by atoms with Gasteiger partial charge in [-0.1, -0.05) is 18.2 Å². The van der Waals surface area contributed by atoms with Gasteiger partial charge in [0.05, 0.1) is 12.0 Å². The minimum Gasteiger partial charge on any atom is -0.497 e. The minimum absolute atomic E-state index is 0.0849. The van der Waals surface area contributed by atoms with Crippen LogP contribution in [0.5, 0.6) is 5.75 Å². The zero-order valence-electron chi connectivity index (χ0n) is 13.9. The van der Waals surface area contributed by atoms with Crippen LogP contribution in [0.2, 0.25) is 0 Å². The van der Waals surface area contributed by atoms with Gasteiger partial charge in [-0.2, -0.15) is 0 Å². The molecule has 1 N–H and O–H groups in total. The lowest BCUT2D eigenvalue weighted by Gasteiger charge is -2.27. The van der Waals surface area contributed by atoms with E-state index in [9.17, 15) is 8.42 Å². The van der Waals surface area contributed by atoms with E-state index in [0.29, 0.717) is 12.3 Å². The average molecular weight is 346 g/mol. The molecular weight excluding hydrogens is 324 g/mol. The lowest BCUT2D eigenvalue weighted by atomic mass is 10.2. The normalized spacial score (nSPS) is 15.2. The molecule has 0 aromatic heterocycles. The van der Waals surface area contributed by atoms with Gasteiger partial charge in [0.15, 0.2) is 0 Å². The number of hydrogen-bond acceptors (Lipinski definition) is 4. The van der Waals surface area contributed by atoms with Gasteiger partial charge in [0, 0.05) is 24.8 Å². The highest BCUT2D eigenvalue weighted by atomic mass is 32.2. The number of para-hydroxylation sites is 1. The number of hydrogen-bond donors (Lipinski definition) is 1. The SMILES string of the molecule is COc1ccc(S(=O)(=O)NCC(C)N2CCc3ccccc32)cc1. The van der Waals surface area contributed by atoms with Crippen molar-refractivity contribution in [3.63, 3.8) is 0 Å². The van der Waals surface area contributed by atoms with Crippen LogP contribution in [0.4, 0.5) is 5.69 Å². The predicted octanol–water partition coefficient (Wildman–Crippen LogP) is 2.42. The number of anilines is 1. The van der Waals surface area contributed by atoms with E-state index in [1.165, 1.54) is 11.3 Å². The summed E-state index contributed by atoms with van der Waals surface area (Å²) >= 11 is 0. The van der Waals surface area contributed by atoms with Crippen LogP contribution in [0, 0.1) is 0 Å². The van der Waals surface area contributed by atoms with E-state index in [1.807, 2.05) is 19.1 Å². The first-order valence-corrected chi connectivity index (χ1v) is 9.48. The number of sulfonamides is 1. The molecule has 1 unspecified atom stereocenters. The highest BCUT2D eigenvalue weighted by molar-refractivity contribution is 7.89. The Kier molecular flexibility index (Phi) is 4.78. The maximum Gasteiger partial charge on any atom is 0.240 e. The molecule has 2 aromatic carbocycles. The molecule has 128 valence electrons. The Labute approximate surface area is 143 Å². The quantitative estimate of drug-likeness (QED) is 0.873. The first kappa shape index (κ1) is 16.8. The van der Waals surface area contributed by atoms with Gasteiger partial charge in [-0.3, -0.25) is 0 Å². The predicted molar refractivity (Wildman–Crippen MR) is 95.1 cm³/mol. The van der Waals surface area contributed by atoms with Crippen LogP contribution in [0.15, 0.2) is 53.4 Å². The van der Waals surface area contributed by atoms with E-state index in [0.717, 1.165) is 13.0 Å². The van der Waals surface area contributed by atoms with Crippen LogP contribution in [-0.4, -0.2) is 34.7 Å². The lowest BCUT2D eigenvalue weighted by molar-refractivity contribution is 0.414. The van der Waals surface area contributed by atoms with Crippen LogP contribution in [-0.2, 0) is 16.4 Å². The first-order chi connectivity index (χ1) is 11.5. The van der Waals surface area contributed by atoms with Crippen LogP contribution >= 0.6 is 0 Å². The van der Waals surface area contributed by atoms with Crippen molar-refractivity contribution < 1.29 is 13.2 Å². The van der Waals surface area contributed by atoms with Gasteiger partial charge in [0.2, 0.25) is 10.0 Å². The fourth-order valence-corrected chi connectivity index (χ4v) is 4.12. The molecule has 0 bridgehead atoms. The fraction of sp³-hybridized carbons (Fsp3) is 0.333. The van der Waals surface area contributed by atoms with Crippen molar-refractivity contribution in [2.45, 2.75) is 24.3 Å². The zero-order valence-corrected chi connectivity index (χ0v) is 14.7. The Morgan fingerprint density at radius 3 is 2.58 bits per heavy atom. The number of nitrogens with zero attached hydrogens (tertiary/aromatic N) is 1. The number of rotatable bonds is 6. The third-order valence-electron chi connectivity index (χ3n) is 4.39. The van der Waals surface area contributed by atoms with Crippen molar-refractivity contribution in [2.75, 3.05) is 25.1 Å². The molecule has 1 heterocycles. The Hall–Kier alpha value is -2.05. The standard InChI is InChI=1S/C18H22N2O3S/c1-14(20-12-11-15-5-3-4-6-18(15)20)13-19-24(21,22)17-9-7-16(23-2)8-10-17/h3-10,14,19H,11-13H2,1-2H3. The van der Waals surface area contributed by atoms with E-state index >= 15 is 0 Å².